The molecule has 0 fully saturated rings. The number of halogens is 1. The van der Waals surface area contributed by atoms with Gasteiger partial charge in [0.15, 0.2) is 0 Å². The molecule has 0 spiro atoms. The third kappa shape index (κ3) is 8.12. The Morgan fingerprint density at radius 3 is 2.35 bits per heavy atom. The van der Waals surface area contributed by atoms with Gasteiger partial charge in [-0.25, -0.2) is 4.98 Å². The summed E-state index contributed by atoms with van der Waals surface area (Å²) in [7, 11) is 0. The van der Waals surface area contributed by atoms with Crippen LogP contribution in [-0.4, -0.2) is 35.4 Å². The van der Waals surface area contributed by atoms with E-state index in [0.29, 0.717) is 12.4 Å². The van der Waals surface area contributed by atoms with Crippen LogP contribution in [0.2, 0.25) is 0 Å². The van der Waals surface area contributed by atoms with Crippen molar-refractivity contribution < 1.29 is 4.79 Å². The fourth-order valence-corrected chi connectivity index (χ4v) is 1.86. The van der Waals surface area contributed by atoms with E-state index in [-0.39, 0.29) is 18.3 Å². The first kappa shape index (κ1) is 18.9. The average Bonchev–Trinajstić information content (AvgIpc) is 2.43. The van der Waals surface area contributed by atoms with E-state index in [4.69, 9.17) is 0 Å². The van der Waals surface area contributed by atoms with Gasteiger partial charge in [0, 0.05) is 6.20 Å². The molecule has 0 aliphatic heterocycles. The predicted octanol–water partition coefficient (Wildman–Crippen LogP) is 3.34. The second kappa shape index (κ2) is 11.7. The van der Waals surface area contributed by atoms with Gasteiger partial charge in [0.2, 0.25) is 5.91 Å². The van der Waals surface area contributed by atoms with Crippen molar-refractivity contribution >= 4 is 24.1 Å². The van der Waals surface area contributed by atoms with Crippen molar-refractivity contribution in [3.63, 3.8) is 0 Å². The van der Waals surface area contributed by atoms with Gasteiger partial charge in [0.1, 0.15) is 5.82 Å². The zero-order valence-corrected chi connectivity index (χ0v) is 13.3. The number of anilines is 1. The van der Waals surface area contributed by atoms with Gasteiger partial charge < -0.3 is 5.32 Å². The number of hydrogen-bond donors (Lipinski definition) is 1. The zero-order valence-electron chi connectivity index (χ0n) is 12.5. The van der Waals surface area contributed by atoms with Crippen LogP contribution in [0.5, 0.6) is 0 Å². The Balaban J connectivity index is 0.00000361. The summed E-state index contributed by atoms with van der Waals surface area (Å²) in [6, 6.07) is 5.51. The van der Waals surface area contributed by atoms with Gasteiger partial charge in [0.25, 0.3) is 0 Å². The van der Waals surface area contributed by atoms with Crippen LogP contribution in [0.4, 0.5) is 5.82 Å². The number of unbranched alkanes of at least 4 members (excludes halogenated alkanes) is 2. The van der Waals surface area contributed by atoms with E-state index in [1.165, 1.54) is 0 Å². The van der Waals surface area contributed by atoms with Crippen molar-refractivity contribution in [2.75, 3.05) is 25.0 Å². The summed E-state index contributed by atoms with van der Waals surface area (Å²) in [5.74, 6) is 0.643. The van der Waals surface area contributed by atoms with E-state index in [0.717, 1.165) is 38.8 Å². The molecule has 0 bridgehead atoms. The molecule has 0 radical (unpaired) electrons. The van der Waals surface area contributed by atoms with Crippen LogP contribution >= 0.6 is 12.4 Å². The molecule has 5 heteroatoms. The van der Waals surface area contributed by atoms with Gasteiger partial charge in [0.05, 0.1) is 6.54 Å². The summed E-state index contributed by atoms with van der Waals surface area (Å²) in [4.78, 5) is 18.3. The Morgan fingerprint density at radius 2 is 1.85 bits per heavy atom. The van der Waals surface area contributed by atoms with Gasteiger partial charge in [-0.2, -0.15) is 0 Å². The number of carbonyl (C=O) groups excluding carboxylic acids is 1. The van der Waals surface area contributed by atoms with E-state index in [1.807, 2.05) is 12.1 Å². The van der Waals surface area contributed by atoms with Crippen molar-refractivity contribution in [1.82, 2.24) is 9.88 Å². The number of nitrogens with zero attached hydrogens (tertiary/aromatic N) is 2. The van der Waals surface area contributed by atoms with Crippen molar-refractivity contribution in [3.8, 4) is 0 Å². The van der Waals surface area contributed by atoms with Gasteiger partial charge in [-0.3, -0.25) is 9.69 Å². The average molecular weight is 300 g/mol. The molecule has 0 atom stereocenters. The highest BCUT2D eigenvalue weighted by Gasteiger charge is 2.10. The number of aromatic nitrogens is 1. The fourth-order valence-electron chi connectivity index (χ4n) is 1.86. The van der Waals surface area contributed by atoms with E-state index < -0.39 is 0 Å². The quantitative estimate of drug-likeness (QED) is 0.760. The van der Waals surface area contributed by atoms with Gasteiger partial charge in [-0.15, -0.1) is 12.4 Å². The number of hydrogen-bond acceptors (Lipinski definition) is 3. The van der Waals surface area contributed by atoms with Gasteiger partial charge >= 0.3 is 0 Å². The molecule has 0 aromatic carbocycles. The molecule has 20 heavy (non-hydrogen) atoms. The van der Waals surface area contributed by atoms with Crippen LogP contribution in [0.3, 0.4) is 0 Å². The molecule has 0 unspecified atom stereocenters. The van der Waals surface area contributed by atoms with Gasteiger partial charge in [-0.1, -0.05) is 32.8 Å². The number of nitrogens with one attached hydrogen (secondary N) is 1. The zero-order chi connectivity index (χ0) is 13.9. The van der Waals surface area contributed by atoms with Crippen molar-refractivity contribution in [2.45, 2.75) is 39.5 Å². The minimum Gasteiger partial charge on any atom is -0.310 e. The standard InChI is InChI=1S/C15H25N3O.ClH/c1-3-5-11-18(12-6-4-2)13-15(19)17-14-9-7-8-10-16-14;/h7-10H,3-6,11-13H2,1-2H3,(H,16,17,19);1H. The van der Waals surface area contributed by atoms with Crippen molar-refractivity contribution in [2.24, 2.45) is 0 Å². The molecule has 1 amide bonds. The maximum atomic E-state index is 12.0. The van der Waals surface area contributed by atoms with Crippen LogP contribution in [-0.2, 0) is 4.79 Å². The van der Waals surface area contributed by atoms with Crippen LogP contribution in [0, 0.1) is 0 Å². The first-order valence-electron chi connectivity index (χ1n) is 7.19. The molecule has 1 aromatic rings. The van der Waals surface area contributed by atoms with Crippen molar-refractivity contribution in [3.05, 3.63) is 24.4 Å². The van der Waals surface area contributed by atoms with Crippen LogP contribution in [0.1, 0.15) is 39.5 Å². The molecule has 114 valence electrons. The van der Waals surface area contributed by atoms with E-state index in [9.17, 15) is 4.79 Å². The van der Waals surface area contributed by atoms with Crippen molar-refractivity contribution in [1.29, 1.82) is 0 Å². The highest BCUT2D eigenvalue weighted by atomic mass is 35.5. The van der Waals surface area contributed by atoms with E-state index >= 15 is 0 Å². The Morgan fingerprint density at radius 1 is 1.20 bits per heavy atom. The van der Waals surface area contributed by atoms with Crippen LogP contribution in [0.25, 0.3) is 0 Å². The summed E-state index contributed by atoms with van der Waals surface area (Å²) in [6.07, 6.45) is 6.28. The molecular weight excluding hydrogens is 274 g/mol. The third-order valence-corrected chi connectivity index (χ3v) is 2.96. The molecular formula is C15H26ClN3O. The Bertz CT molecular complexity index is 351. The number of carbonyl (C=O) groups is 1. The first-order chi connectivity index (χ1) is 9.26. The summed E-state index contributed by atoms with van der Waals surface area (Å²) in [5.41, 5.74) is 0. The normalized spacial score (nSPS) is 10.2. The van der Waals surface area contributed by atoms with E-state index in [1.54, 1.807) is 12.3 Å². The summed E-state index contributed by atoms with van der Waals surface area (Å²) in [5, 5.41) is 2.83. The van der Waals surface area contributed by atoms with Gasteiger partial charge in [-0.05, 0) is 38.1 Å². The highest BCUT2D eigenvalue weighted by molar-refractivity contribution is 5.91. The molecule has 0 saturated carbocycles. The molecule has 0 aliphatic carbocycles. The minimum atomic E-state index is 0. The second-order valence-corrected chi connectivity index (χ2v) is 4.75. The summed E-state index contributed by atoms with van der Waals surface area (Å²) >= 11 is 0. The molecule has 1 rings (SSSR count). The lowest BCUT2D eigenvalue weighted by atomic mass is 10.2. The Labute approximate surface area is 128 Å². The first-order valence-corrected chi connectivity index (χ1v) is 7.19. The number of rotatable bonds is 9. The molecule has 1 heterocycles. The minimum absolute atomic E-state index is 0. The molecule has 0 aliphatic rings. The predicted molar refractivity (Wildman–Crippen MR) is 86.4 cm³/mol. The molecule has 0 saturated heterocycles. The lowest BCUT2D eigenvalue weighted by Crippen LogP contribution is -2.34. The topological polar surface area (TPSA) is 45.2 Å². The van der Waals surface area contributed by atoms with E-state index in [2.05, 4.69) is 29.0 Å². The Hall–Kier alpha value is -1.13. The smallest absolute Gasteiger partial charge is 0.239 e. The monoisotopic (exact) mass is 299 g/mol. The maximum Gasteiger partial charge on any atom is 0.239 e. The lowest BCUT2D eigenvalue weighted by molar-refractivity contribution is -0.117. The lowest BCUT2D eigenvalue weighted by Gasteiger charge is -2.21. The summed E-state index contributed by atoms with van der Waals surface area (Å²) in [6.45, 7) is 6.78. The highest BCUT2D eigenvalue weighted by Crippen LogP contribution is 2.02. The summed E-state index contributed by atoms with van der Waals surface area (Å²) < 4.78 is 0. The SMILES string of the molecule is CCCCN(CCCC)CC(=O)Nc1ccccn1.Cl. The molecule has 1 aromatic heterocycles. The Kier molecular flexibility index (Phi) is 11.0. The third-order valence-electron chi connectivity index (χ3n) is 2.96. The fraction of sp³-hybridized carbons (Fsp3) is 0.600. The second-order valence-electron chi connectivity index (χ2n) is 4.75. The number of pyridine rings is 1. The number of amides is 1. The maximum absolute atomic E-state index is 12.0. The van der Waals surface area contributed by atoms with Crippen LogP contribution < -0.4 is 5.32 Å². The largest absolute Gasteiger partial charge is 0.310 e. The molecule has 1 N–H and O–H groups in total. The molecule has 4 nitrogen and oxygen atoms in total. The van der Waals surface area contributed by atoms with Crippen LogP contribution in [0.15, 0.2) is 24.4 Å².